The van der Waals surface area contributed by atoms with Crippen LogP contribution in [0.15, 0.2) is 18.2 Å². The van der Waals surface area contributed by atoms with Crippen LogP contribution in [0.5, 0.6) is 11.5 Å². The molecular formula is C18H28N2O3. The standard InChI is InChI=1S/C18H28N2O3/c1-13(2)12-23-16-6-5-14(11-17(16)22-4)18(21)20-9-7-15(19-3)8-10-20/h5-6,11,13,15,19H,7-10,12H2,1-4H3. The minimum absolute atomic E-state index is 0.0632. The van der Waals surface area contributed by atoms with Crippen LogP contribution >= 0.6 is 0 Å². The van der Waals surface area contributed by atoms with Crippen molar-refractivity contribution < 1.29 is 14.3 Å². The quantitative estimate of drug-likeness (QED) is 0.875. The highest BCUT2D eigenvalue weighted by Crippen LogP contribution is 2.29. The largest absolute Gasteiger partial charge is 0.493 e. The second-order valence-electron chi connectivity index (χ2n) is 6.43. The number of nitrogens with zero attached hydrogens (tertiary/aromatic N) is 1. The van der Waals surface area contributed by atoms with E-state index >= 15 is 0 Å². The molecule has 0 unspecified atom stereocenters. The Kier molecular flexibility index (Phi) is 6.28. The summed E-state index contributed by atoms with van der Waals surface area (Å²) in [5.74, 6) is 1.80. The van der Waals surface area contributed by atoms with Crippen LogP contribution < -0.4 is 14.8 Å². The minimum Gasteiger partial charge on any atom is -0.493 e. The molecule has 0 bridgehead atoms. The summed E-state index contributed by atoms with van der Waals surface area (Å²) in [6, 6.07) is 5.95. The summed E-state index contributed by atoms with van der Waals surface area (Å²) >= 11 is 0. The fourth-order valence-electron chi connectivity index (χ4n) is 2.73. The van der Waals surface area contributed by atoms with E-state index < -0.39 is 0 Å². The molecule has 1 fully saturated rings. The van der Waals surface area contributed by atoms with Crippen molar-refractivity contribution in [3.05, 3.63) is 23.8 Å². The van der Waals surface area contributed by atoms with Gasteiger partial charge in [-0.2, -0.15) is 0 Å². The number of nitrogens with one attached hydrogen (secondary N) is 1. The van der Waals surface area contributed by atoms with Crippen LogP contribution in [0, 0.1) is 5.92 Å². The molecule has 1 heterocycles. The summed E-state index contributed by atoms with van der Waals surface area (Å²) in [6.45, 7) is 6.40. The van der Waals surface area contributed by atoms with Gasteiger partial charge in [0.25, 0.3) is 5.91 Å². The van der Waals surface area contributed by atoms with Crippen molar-refractivity contribution in [2.75, 3.05) is 33.9 Å². The highest BCUT2D eigenvalue weighted by molar-refractivity contribution is 5.95. The maximum absolute atomic E-state index is 12.6. The van der Waals surface area contributed by atoms with Gasteiger partial charge in [-0.3, -0.25) is 4.79 Å². The van der Waals surface area contributed by atoms with E-state index in [-0.39, 0.29) is 5.91 Å². The maximum Gasteiger partial charge on any atom is 0.253 e. The van der Waals surface area contributed by atoms with Gasteiger partial charge in [0.05, 0.1) is 13.7 Å². The number of ether oxygens (including phenoxy) is 2. The summed E-state index contributed by atoms with van der Waals surface area (Å²) in [4.78, 5) is 14.6. The molecule has 0 radical (unpaired) electrons. The van der Waals surface area contributed by atoms with Gasteiger partial charge in [0.15, 0.2) is 11.5 Å². The number of amides is 1. The zero-order valence-corrected chi connectivity index (χ0v) is 14.6. The number of rotatable bonds is 6. The van der Waals surface area contributed by atoms with Crippen molar-refractivity contribution in [1.82, 2.24) is 10.2 Å². The number of carbonyl (C=O) groups is 1. The van der Waals surface area contributed by atoms with E-state index in [9.17, 15) is 4.79 Å². The van der Waals surface area contributed by atoms with E-state index in [1.165, 1.54) is 0 Å². The molecule has 1 amide bonds. The van der Waals surface area contributed by atoms with Gasteiger partial charge in [-0.1, -0.05) is 13.8 Å². The average molecular weight is 320 g/mol. The summed E-state index contributed by atoms with van der Waals surface area (Å²) in [5, 5.41) is 3.28. The van der Waals surface area contributed by atoms with Crippen molar-refractivity contribution >= 4 is 5.91 Å². The van der Waals surface area contributed by atoms with Crippen LogP contribution in [0.1, 0.15) is 37.0 Å². The highest BCUT2D eigenvalue weighted by atomic mass is 16.5. The van der Waals surface area contributed by atoms with Gasteiger partial charge in [-0.15, -0.1) is 0 Å². The number of methoxy groups -OCH3 is 1. The molecule has 1 aliphatic rings. The second kappa shape index (κ2) is 8.20. The highest BCUT2D eigenvalue weighted by Gasteiger charge is 2.23. The molecule has 5 nitrogen and oxygen atoms in total. The third-order valence-electron chi connectivity index (χ3n) is 4.17. The van der Waals surface area contributed by atoms with Gasteiger partial charge in [-0.25, -0.2) is 0 Å². The predicted molar refractivity (Wildman–Crippen MR) is 91.3 cm³/mol. The Morgan fingerprint density at radius 2 is 2.00 bits per heavy atom. The van der Waals surface area contributed by atoms with Crippen LogP contribution in [0.3, 0.4) is 0 Å². The van der Waals surface area contributed by atoms with E-state index in [1.807, 2.05) is 24.1 Å². The van der Waals surface area contributed by atoms with Gasteiger partial charge >= 0.3 is 0 Å². The molecule has 0 saturated carbocycles. The Labute approximate surface area is 139 Å². The average Bonchev–Trinajstić information content (AvgIpc) is 2.59. The number of benzene rings is 1. The lowest BCUT2D eigenvalue weighted by molar-refractivity contribution is 0.0707. The Hall–Kier alpha value is -1.75. The first-order valence-corrected chi connectivity index (χ1v) is 8.32. The number of piperidine rings is 1. The van der Waals surface area contributed by atoms with Gasteiger partial charge in [-0.05, 0) is 44.0 Å². The van der Waals surface area contributed by atoms with Crippen LogP contribution in [-0.2, 0) is 0 Å². The predicted octanol–water partition coefficient (Wildman–Crippen LogP) is 2.55. The molecule has 23 heavy (non-hydrogen) atoms. The molecule has 1 aliphatic heterocycles. The molecule has 0 aliphatic carbocycles. The fourth-order valence-corrected chi connectivity index (χ4v) is 2.73. The van der Waals surface area contributed by atoms with Crippen molar-refractivity contribution in [2.24, 2.45) is 5.92 Å². The lowest BCUT2D eigenvalue weighted by atomic mass is 10.0. The van der Waals surface area contributed by atoms with Crippen molar-refractivity contribution in [3.63, 3.8) is 0 Å². The molecular weight excluding hydrogens is 292 g/mol. The summed E-state index contributed by atoms with van der Waals surface area (Å²) < 4.78 is 11.1. The van der Waals surface area contributed by atoms with E-state index in [1.54, 1.807) is 13.2 Å². The van der Waals surface area contributed by atoms with Crippen molar-refractivity contribution in [2.45, 2.75) is 32.7 Å². The molecule has 1 aromatic rings. The summed E-state index contributed by atoms with van der Waals surface area (Å²) in [5.41, 5.74) is 0.654. The summed E-state index contributed by atoms with van der Waals surface area (Å²) in [6.07, 6.45) is 1.99. The third kappa shape index (κ3) is 4.61. The minimum atomic E-state index is 0.0632. The Morgan fingerprint density at radius 1 is 1.30 bits per heavy atom. The molecule has 1 saturated heterocycles. The SMILES string of the molecule is CNC1CCN(C(=O)c2ccc(OCC(C)C)c(OC)c2)CC1. The van der Waals surface area contributed by atoms with Gasteiger partial charge in [0.1, 0.15) is 0 Å². The zero-order chi connectivity index (χ0) is 16.8. The molecule has 0 atom stereocenters. The first-order chi connectivity index (χ1) is 11.0. The second-order valence-corrected chi connectivity index (χ2v) is 6.43. The maximum atomic E-state index is 12.6. The van der Waals surface area contributed by atoms with E-state index in [4.69, 9.17) is 9.47 Å². The lowest BCUT2D eigenvalue weighted by Crippen LogP contribution is -2.43. The van der Waals surface area contributed by atoms with Gasteiger partial charge in [0.2, 0.25) is 0 Å². The number of hydrogen-bond donors (Lipinski definition) is 1. The van der Waals surface area contributed by atoms with E-state index in [0.29, 0.717) is 35.6 Å². The van der Waals surface area contributed by atoms with E-state index in [2.05, 4.69) is 19.2 Å². The van der Waals surface area contributed by atoms with Crippen LogP contribution in [0.4, 0.5) is 0 Å². The third-order valence-corrected chi connectivity index (χ3v) is 4.17. The summed E-state index contributed by atoms with van der Waals surface area (Å²) in [7, 11) is 3.58. The molecule has 0 aromatic heterocycles. The zero-order valence-electron chi connectivity index (χ0n) is 14.6. The number of hydrogen-bond acceptors (Lipinski definition) is 4. The number of carbonyl (C=O) groups excluding carboxylic acids is 1. The first kappa shape index (κ1) is 17.6. The fraction of sp³-hybridized carbons (Fsp3) is 0.611. The Morgan fingerprint density at radius 3 is 2.57 bits per heavy atom. The van der Waals surface area contributed by atoms with Crippen molar-refractivity contribution in [1.29, 1.82) is 0 Å². The first-order valence-electron chi connectivity index (χ1n) is 8.32. The Balaban J connectivity index is 2.06. The molecule has 1 aromatic carbocycles. The van der Waals surface area contributed by atoms with Crippen LogP contribution in [-0.4, -0.2) is 50.7 Å². The topological polar surface area (TPSA) is 50.8 Å². The monoisotopic (exact) mass is 320 g/mol. The smallest absolute Gasteiger partial charge is 0.253 e. The van der Waals surface area contributed by atoms with Crippen LogP contribution in [0.25, 0.3) is 0 Å². The van der Waals surface area contributed by atoms with Crippen LogP contribution in [0.2, 0.25) is 0 Å². The Bertz CT molecular complexity index is 523. The molecule has 2 rings (SSSR count). The lowest BCUT2D eigenvalue weighted by Gasteiger charge is -2.32. The molecule has 128 valence electrons. The van der Waals surface area contributed by atoms with E-state index in [0.717, 1.165) is 25.9 Å². The molecule has 1 N–H and O–H groups in total. The number of likely N-dealkylation sites (tertiary alicyclic amines) is 1. The van der Waals surface area contributed by atoms with Gasteiger partial charge < -0.3 is 19.7 Å². The van der Waals surface area contributed by atoms with Gasteiger partial charge in [0, 0.05) is 24.7 Å². The van der Waals surface area contributed by atoms with Crippen molar-refractivity contribution in [3.8, 4) is 11.5 Å². The molecule has 0 spiro atoms. The normalized spacial score (nSPS) is 15.8. The molecule has 5 heteroatoms.